The lowest BCUT2D eigenvalue weighted by molar-refractivity contribution is -0.142. The van der Waals surface area contributed by atoms with Crippen LogP contribution in [-0.4, -0.2) is 31.3 Å². The number of aromatic nitrogens is 2. The van der Waals surface area contributed by atoms with E-state index in [4.69, 9.17) is 16.3 Å². The van der Waals surface area contributed by atoms with E-state index in [0.29, 0.717) is 29.3 Å². The van der Waals surface area contributed by atoms with Crippen molar-refractivity contribution in [2.45, 2.75) is 31.5 Å². The van der Waals surface area contributed by atoms with Crippen LogP contribution in [0.15, 0.2) is 24.3 Å². The lowest BCUT2D eigenvalue weighted by Crippen LogP contribution is -2.29. The van der Waals surface area contributed by atoms with Gasteiger partial charge >= 0.3 is 6.18 Å². The maximum Gasteiger partial charge on any atom is 0.435 e. The van der Waals surface area contributed by atoms with Gasteiger partial charge in [0.15, 0.2) is 5.69 Å². The molecule has 0 atom stereocenters. The van der Waals surface area contributed by atoms with Gasteiger partial charge in [-0.05, 0) is 11.6 Å². The van der Waals surface area contributed by atoms with Gasteiger partial charge in [0.05, 0.1) is 25.5 Å². The molecule has 0 radical (unpaired) electrons. The van der Waals surface area contributed by atoms with Crippen LogP contribution >= 0.6 is 11.6 Å². The van der Waals surface area contributed by atoms with Crippen LogP contribution in [-0.2, 0) is 46.3 Å². The highest BCUT2D eigenvalue weighted by atomic mass is 35.5. The largest absolute Gasteiger partial charge is 0.435 e. The third-order valence-corrected chi connectivity index (χ3v) is 5.82. The topological polar surface area (TPSA) is 73.2 Å². The first-order chi connectivity index (χ1) is 12.7. The summed E-state index contributed by atoms with van der Waals surface area (Å²) in [6.45, 7) is 0.0514. The van der Waals surface area contributed by atoms with Crippen LogP contribution in [0.4, 0.5) is 13.2 Å². The number of hydrogen-bond acceptors (Lipinski definition) is 4. The summed E-state index contributed by atoms with van der Waals surface area (Å²) in [5, 5.41) is 3.97. The van der Waals surface area contributed by atoms with E-state index in [9.17, 15) is 21.6 Å². The number of sulfonamides is 1. The van der Waals surface area contributed by atoms with Gasteiger partial charge in [0.1, 0.15) is 0 Å². The molecule has 2 heterocycles. The lowest BCUT2D eigenvalue weighted by atomic mass is 10.1. The molecule has 0 saturated carbocycles. The molecule has 1 N–H and O–H groups in total. The number of hydrogen-bond donors (Lipinski definition) is 1. The summed E-state index contributed by atoms with van der Waals surface area (Å²) in [5.41, 5.74) is -0.0812. The van der Waals surface area contributed by atoms with Crippen LogP contribution in [0.3, 0.4) is 0 Å². The summed E-state index contributed by atoms with van der Waals surface area (Å²) in [4.78, 5) is 0. The van der Waals surface area contributed by atoms with E-state index in [1.54, 1.807) is 24.3 Å². The molecule has 1 aromatic carbocycles. The van der Waals surface area contributed by atoms with Crippen molar-refractivity contribution in [2.75, 3.05) is 13.2 Å². The van der Waals surface area contributed by atoms with E-state index >= 15 is 0 Å². The smallest absolute Gasteiger partial charge is 0.376 e. The first-order valence-electron chi connectivity index (χ1n) is 8.11. The zero-order valence-corrected chi connectivity index (χ0v) is 15.7. The van der Waals surface area contributed by atoms with Crippen molar-refractivity contribution in [3.8, 4) is 0 Å². The Hall–Kier alpha value is -1.62. The van der Waals surface area contributed by atoms with Crippen molar-refractivity contribution in [1.82, 2.24) is 14.5 Å². The monoisotopic (exact) mass is 423 g/mol. The third-order valence-electron chi connectivity index (χ3n) is 4.11. The Morgan fingerprint density at radius 3 is 2.74 bits per heavy atom. The Bertz CT molecular complexity index is 929. The van der Waals surface area contributed by atoms with E-state index < -0.39 is 21.9 Å². The fraction of sp³-hybridized carbons (Fsp3) is 0.438. The first-order valence-corrected chi connectivity index (χ1v) is 10.1. The molecule has 0 bridgehead atoms. The second kappa shape index (κ2) is 7.78. The van der Waals surface area contributed by atoms with Gasteiger partial charge in [-0.15, -0.1) is 0 Å². The molecule has 27 heavy (non-hydrogen) atoms. The highest BCUT2D eigenvalue weighted by molar-refractivity contribution is 7.88. The number of ether oxygens (including phenoxy) is 1. The maximum absolute atomic E-state index is 13.1. The van der Waals surface area contributed by atoms with Gasteiger partial charge in [-0.2, -0.15) is 18.3 Å². The van der Waals surface area contributed by atoms with E-state index in [0.717, 1.165) is 0 Å². The normalized spacial score (nSPS) is 15.0. The number of fused-ring (bicyclic) bond motifs is 1. The molecule has 11 heteroatoms. The van der Waals surface area contributed by atoms with E-state index in [1.807, 2.05) is 0 Å². The summed E-state index contributed by atoms with van der Waals surface area (Å²) in [5.74, 6) is -0.314. The Balaban J connectivity index is 1.68. The predicted octanol–water partition coefficient (Wildman–Crippen LogP) is 2.75. The van der Waals surface area contributed by atoms with Crippen LogP contribution in [0.2, 0.25) is 5.02 Å². The Labute approximate surface area is 159 Å². The molecule has 1 aliphatic heterocycles. The first kappa shape index (κ1) is 20.1. The average molecular weight is 424 g/mol. The van der Waals surface area contributed by atoms with Gasteiger partial charge in [0, 0.05) is 29.2 Å². The Morgan fingerprint density at radius 1 is 1.30 bits per heavy atom. The second-order valence-electron chi connectivity index (χ2n) is 6.04. The fourth-order valence-electron chi connectivity index (χ4n) is 2.90. The molecule has 0 fully saturated rings. The lowest BCUT2D eigenvalue weighted by Gasteiger charge is -2.15. The van der Waals surface area contributed by atoms with Crippen LogP contribution in [0.1, 0.15) is 22.5 Å². The van der Waals surface area contributed by atoms with Gasteiger partial charge in [-0.3, -0.25) is 4.68 Å². The van der Waals surface area contributed by atoms with Gasteiger partial charge in [0.25, 0.3) is 0 Å². The van der Waals surface area contributed by atoms with Gasteiger partial charge in [0.2, 0.25) is 10.0 Å². The molecule has 0 saturated heterocycles. The molecule has 0 aliphatic carbocycles. The van der Waals surface area contributed by atoms with Crippen molar-refractivity contribution in [1.29, 1.82) is 0 Å². The van der Waals surface area contributed by atoms with Gasteiger partial charge in [-0.1, -0.05) is 29.8 Å². The molecule has 3 rings (SSSR count). The molecular formula is C16H17ClF3N3O3S. The SMILES string of the molecule is O=S(=O)(Cc1ccccc1Cl)NCCn1nc(C(F)(F)F)c2c1CCOC2. The standard InChI is InChI=1S/C16H17ClF3N3O3S/c17-13-4-2-1-3-11(13)10-27(24,25)21-6-7-23-14-5-8-26-9-12(14)15(22-23)16(18,19)20/h1-4,21H,5-10H2. The molecule has 1 aromatic heterocycles. The second-order valence-corrected chi connectivity index (χ2v) is 8.26. The molecule has 6 nitrogen and oxygen atoms in total. The Kier molecular flexibility index (Phi) is 5.80. The third kappa shape index (κ3) is 4.81. The minimum atomic E-state index is -4.58. The highest BCUT2D eigenvalue weighted by Gasteiger charge is 2.39. The van der Waals surface area contributed by atoms with E-state index in [1.165, 1.54) is 4.68 Å². The summed E-state index contributed by atoms with van der Waals surface area (Å²) >= 11 is 5.96. The van der Waals surface area contributed by atoms with Crippen molar-refractivity contribution in [2.24, 2.45) is 0 Å². The minimum Gasteiger partial charge on any atom is -0.376 e. The highest BCUT2D eigenvalue weighted by Crippen LogP contribution is 2.34. The molecular weight excluding hydrogens is 407 g/mol. The van der Waals surface area contributed by atoms with Crippen molar-refractivity contribution in [3.05, 3.63) is 51.8 Å². The summed E-state index contributed by atoms with van der Waals surface area (Å²) in [6.07, 6.45) is -4.29. The van der Waals surface area contributed by atoms with Crippen molar-refractivity contribution in [3.63, 3.8) is 0 Å². The summed E-state index contributed by atoms with van der Waals surface area (Å²) in [7, 11) is -3.69. The fourth-order valence-corrected chi connectivity index (χ4v) is 4.35. The number of halogens is 4. The number of rotatable bonds is 6. The average Bonchev–Trinajstić information content (AvgIpc) is 2.96. The van der Waals surface area contributed by atoms with E-state index in [-0.39, 0.29) is 31.0 Å². The molecule has 0 unspecified atom stereocenters. The van der Waals surface area contributed by atoms with Gasteiger partial charge in [-0.25, -0.2) is 13.1 Å². The Morgan fingerprint density at radius 2 is 2.04 bits per heavy atom. The zero-order chi connectivity index (χ0) is 19.7. The number of nitrogens with zero attached hydrogens (tertiary/aromatic N) is 2. The minimum absolute atomic E-state index is 0.0137. The molecule has 2 aromatic rings. The van der Waals surface area contributed by atoms with Crippen molar-refractivity contribution >= 4 is 21.6 Å². The predicted molar refractivity (Wildman–Crippen MR) is 92.7 cm³/mol. The summed E-state index contributed by atoms with van der Waals surface area (Å²) in [6, 6.07) is 6.55. The number of alkyl halides is 3. The molecule has 148 valence electrons. The number of nitrogens with one attached hydrogen (secondary N) is 1. The van der Waals surface area contributed by atoms with Crippen LogP contribution in [0.5, 0.6) is 0 Å². The molecule has 0 spiro atoms. The summed E-state index contributed by atoms with van der Waals surface area (Å²) < 4.78 is 72.5. The van der Waals surface area contributed by atoms with Crippen LogP contribution < -0.4 is 4.72 Å². The molecule has 1 aliphatic rings. The maximum atomic E-state index is 13.1. The quantitative estimate of drug-likeness (QED) is 0.775. The zero-order valence-electron chi connectivity index (χ0n) is 14.1. The molecule has 0 amide bonds. The van der Waals surface area contributed by atoms with Crippen LogP contribution in [0.25, 0.3) is 0 Å². The van der Waals surface area contributed by atoms with Crippen molar-refractivity contribution < 1.29 is 26.3 Å². The van der Waals surface area contributed by atoms with E-state index in [2.05, 4.69) is 9.82 Å². The number of benzene rings is 1. The van der Waals surface area contributed by atoms with Crippen LogP contribution in [0, 0.1) is 0 Å². The van der Waals surface area contributed by atoms with Gasteiger partial charge < -0.3 is 4.74 Å².